The molecule has 78 valence electrons. The summed E-state index contributed by atoms with van der Waals surface area (Å²) in [6, 6.07) is 3.81. The predicted octanol–water partition coefficient (Wildman–Crippen LogP) is 0.589. The highest BCUT2D eigenvalue weighted by Gasteiger charge is 2.05. The molecule has 4 N–H and O–H groups in total. The lowest BCUT2D eigenvalue weighted by Gasteiger charge is -2.00. The van der Waals surface area contributed by atoms with E-state index >= 15 is 0 Å². The van der Waals surface area contributed by atoms with Crippen molar-refractivity contribution < 1.29 is 19.8 Å². The molecule has 1 rings (SSSR count). The molecule has 0 aliphatic heterocycles. The van der Waals surface area contributed by atoms with Gasteiger partial charge in [0, 0.05) is 11.6 Å². The van der Waals surface area contributed by atoms with Crippen LogP contribution in [0.5, 0.6) is 5.75 Å². The van der Waals surface area contributed by atoms with E-state index in [2.05, 4.69) is 0 Å². The number of primary amides is 1. The third kappa shape index (κ3) is 2.84. The molecule has 0 aromatic heterocycles. The second-order valence-corrected chi connectivity index (χ2v) is 2.81. The van der Waals surface area contributed by atoms with Gasteiger partial charge in [-0.2, -0.15) is 0 Å². The van der Waals surface area contributed by atoms with E-state index in [-0.39, 0.29) is 11.3 Å². The summed E-state index contributed by atoms with van der Waals surface area (Å²) < 4.78 is 0. The molecule has 5 nitrogen and oxygen atoms in total. The third-order valence-electron chi connectivity index (χ3n) is 1.70. The van der Waals surface area contributed by atoms with Gasteiger partial charge >= 0.3 is 5.97 Å². The average Bonchev–Trinajstić information content (AvgIpc) is 2.15. The van der Waals surface area contributed by atoms with E-state index in [1.807, 2.05) is 0 Å². The van der Waals surface area contributed by atoms with Gasteiger partial charge in [0.15, 0.2) is 0 Å². The number of hydrogen-bond acceptors (Lipinski definition) is 3. The van der Waals surface area contributed by atoms with Crippen LogP contribution in [0.25, 0.3) is 6.08 Å². The summed E-state index contributed by atoms with van der Waals surface area (Å²) in [7, 11) is 0. The summed E-state index contributed by atoms with van der Waals surface area (Å²) in [6.07, 6.45) is 2.39. The van der Waals surface area contributed by atoms with Gasteiger partial charge in [-0.3, -0.25) is 4.79 Å². The third-order valence-corrected chi connectivity index (χ3v) is 1.70. The van der Waals surface area contributed by atoms with E-state index in [1.54, 1.807) is 0 Å². The van der Waals surface area contributed by atoms with Crippen molar-refractivity contribution in [2.45, 2.75) is 0 Å². The minimum atomic E-state index is -1.13. The lowest BCUT2D eigenvalue weighted by Crippen LogP contribution is -2.05. The van der Waals surface area contributed by atoms with Crippen molar-refractivity contribution in [1.29, 1.82) is 0 Å². The Labute approximate surface area is 85.5 Å². The molecule has 5 heteroatoms. The van der Waals surface area contributed by atoms with Gasteiger partial charge in [-0.05, 0) is 18.2 Å². The molecule has 1 amide bonds. The summed E-state index contributed by atoms with van der Waals surface area (Å²) in [5.41, 5.74) is 5.17. The number of rotatable bonds is 3. The topological polar surface area (TPSA) is 101 Å². The maximum Gasteiger partial charge on any atom is 0.335 e. The number of phenols is 1. The smallest absolute Gasteiger partial charge is 0.335 e. The number of amides is 1. The molecular weight excluding hydrogens is 198 g/mol. The van der Waals surface area contributed by atoms with Crippen LogP contribution in [0, 0.1) is 0 Å². The molecule has 0 radical (unpaired) electrons. The van der Waals surface area contributed by atoms with Crippen molar-refractivity contribution in [2.24, 2.45) is 5.73 Å². The van der Waals surface area contributed by atoms with E-state index < -0.39 is 11.9 Å². The molecule has 0 fully saturated rings. The zero-order valence-electron chi connectivity index (χ0n) is 7.68. The first kappa shape index (κ1) is 10.8. The lowest BCUT2D eigenvalue weighted by atomic mass is 10.1. The number of carboxylic acid groups (broad SMARTS) is 1. The predicted molar refractivity (Wildman–Crippen MR) is 53.3 cm³/mol. The second-order valence-electron chi connectivity index (χ2n) is 2.81. The molecule has 0 bridgehead atoms. The van der Waals surface area contributed by atoms with Crippen molar-refractivity contribution >= 4 is 18.0 Å². The van der Waals surface area contributed by atoms with E-state index in [9.17, 15) is 14.7 Å². The number of carboxylic acids is 1. The number of aromatic carboxylic acids is 1. The van der Waals surface area contributed by atoms with Crippen LogP contribution in [-0.4, -0.2) is 22.1 Å². The van der Waals surface area contributed by atoms with Crippen LogP contribution in [0.2, 0.25) is 0 Å². The van der Waals surface area contributed by atoms with Gasteiger partial charge < -0.3 is 15.9 Å². The highest BCUT2D eigenvalue weighted by molar-refractivity contribution is 5.92. The quantitative estimate of drug-likeness (QED) is 0.631. The van der Waals surface area contributed by atoms with E-state index in [1.165, 1.54) is 18.2 Å². The summed E-state index contributed by atoms with van der Waals surface area (Å²) >= 11 is 0. The number of aromatic hydroxyl groups is 1. The summed E-state index contributed by atoms with van der Waals surface area (Å²) in [5.74, 6) is -1.99. The van der Waals surface area contributed by atoms with Crippen molar-refractivity contribution in [3.63, 3.8) is 0 Å². The van der Waals surface area contributed by atoms with Crippen molar-refractivity contribution in [3.05, 3.63) is 35.4 Å². The monoisotopic (exact) mass is 207 g/mol. The Morgan fingerprint density at radius 2 is 2.00 bits per heavy atom. The molecule has 0 aliphatic rings. The van der Waals surface area contributed by atoms with Crippen LogP contribution < -0.4 is 5.73 Å². The zero-order valence-corrected chi connectivity index (χ0v) is 7.68. The van der Waals surface area contributed by atoms with Gasteiger partial charge in [0.25, 0.3) is 0 Å². The fraction of sp³-hybridized carbons (Fsp3) is 0. The van der Waals surface area contributed by atoms with Crippen LogP contribution >= 0.6 is 0 Å². The Kier molecular flexibility index (Phi) is 3.07. The highest BCUT2D eigenvalue weighted by Crippen LogP contribution is 2.20. The first-order chi connectivity index (χ1) is 7.00. The largest absolute Gasteiger partial charge is 0.507 e. The average molecular weight is 207 g/mol. The molecule has 0 atom stereocenters. The molecule has 0 saturated heterocycles. The number of nitrogens with two attached hydrogens (primary N) is 1. The number of carbonyl (C=O) groups excluding carboxylic acids is 1. The first-order valence-corrected chi connectivity index (χ1v) is 4.04. The Morgan fingerprint density at radius 3 is 2.47 bits per heavy atom. The van der Waals surface area contributed by atoms with Gasteiger partial charge in [-0.1, -0.05) is 6.07 Å². The number of carbonyl (C=O) groups is 2. The highest BCUT2D eigenvalue weighted by atomic mass is 16.4. The number of phenolic OH excluding ortho intramolecular Hbond substituents is 1. The van der Waals surface area contributed by atoms with Crippen LogP contribution in [-0.2, 0) is 4.79 Å². The number of benzene rings is 1. The Balaban J connectivity index is 3.03. The van der Waals surface area contributed by atoms with Gasteiger partial charge in [-0.15, -0.1) is 0 Å². The van der Waals surface area contributed by atoms with Crippen LogP contribution in [0.15, 0.2) is 24.3 Å². The maximum absolute atomic E-state index is 10.5. The van der Waals surface area contributed by atoms with Crippen molar-refractivity contribution in [1.82, 2.24) is 0 Å². The van der Waals surface area contributed by atoms with Crippen LogP contribution in [0.1, 0.15) is 15.9 Å². The molecule has 0 unspecified atom stereocenters. The normalized spacial score (nSPS) is 10.4. The van der Waals surface area contributed by atoms with Crippen molar-refractivity contribution in [2.75, 3.05) is 0 Å². The van der Waals surface area contributed by atoms with Gasteiger partial charge in [0.2, 0.25) is 5.91 Å². The minimum absolute atomic E-state index is 0.0243. The fourth-order valence-electron chi connectivity index (χ4n) is 0.990. The van der Waals surface area contributed by atoms with Crippen LogP contribution in [0.3, 0.4) is 0 Å². The van der Waals surface area contributed by atoms with E-state index in [4.69, 9.17) is 10.8 Å². The van der Waals surface area contributed by atoms with Crippen LogP contribution in [0.4, 0.5) is 0 Å². The molecular formula is C10H9NO4. The lowest BCUT2D eigenvalue weighted by molar-refractivity contribution is -0.113. The first-order valence-electron chi connectivity index (χ1n) is 4.04. The molecule has 0 heterocycles. The van der Waals surface area contributed by atoms with E-state index in [0.29, 0.717) is 5.56 Å². The maximum atomic E-state index is 10.5. The SMILES string of the molecule is NC(=O)C=Cc1ccc(C(=O)O)cc1O. The van der Waals surface area contributed by atoms with Crippen molar-refractivity contribution in [3.8, 4) is 5.75 Å². The molecule has 0 spiro atoms. The van der Waals surface area contributed by atoms with Gasteiger partial charge in [0.1, 0.15) is 5.75 Å². The zero-order chi connectivity index (χ0) is 11.4. The van der Waals surface area contributed by atoms with Gasteiger partial charge in [0.05, 0.1) is 5.56 Å². The molecule has 1 aromatic rings. The summed E-state index contributed by atoms with van der Waals surface area (Å²) in [5, 5.41) is 18.0. The Morgan fingerprint density at radius 1 is 1.33 bits per heavy atom. The minimum Gasteiger partial charge on any atom is -0.507 e. The standard InChI is InChI=1S/C10H9NO4/c11-9(13)4-3-6-1-2-7(10(14)15)5-8(6)12/h1-5,12H,(H2,11,13)(H,14,15). The Hall–Kier alpha value is -2.30. The molecule has 0 aliphatic carbocycles. The number of hydrogen-bond donors (Lipinski definition) is 3. The fourth-order valence-corrected chi connectivity index (χ4v) is 0.990. The summed E-state index contributed by atoms with van der Waals surface area (Å²) in [6.45, 7) is 0. The Bertz CT molecular complexity index is 437. The molecule has 1 aromatic carbocycles. The second kappa shape index (κ2) is 4.28. The molecule has 0 saturated carbocycles. The molecule has 15 heavy (non-hydrogen) atoms. The van der Waals surface area contributed by atoms with E-state index in [0.717, 1.165) is 12.1 Å². The van der Waals surface area contributed by atoms with Gasteiger partial charge in [-0.25, -0.2) is 4.79 Å². The summed E-state index contributed by atoms with van der Waals surface area (Å²) in [4.78, 5) is 20.9.